The number of benzene rings is 2. The van der Waals surface area contributed by atoms with Gasteiger partial charge < -0.3 is 4.74 Å². The highest BCUT2D eigenvalue weighted by Crippen LogP contribution is 2.18. The van der Waals surface area contributed by atoms with Crippen molar-refractivity contribution in [1.29, 1.82) is 0 Å². The molecule has 0 radical (unpaired) electrons. The van der Waals surface area contributed by atoms with Crippen molar-refractivity contribution in [2.24, 2.45) is 0 Å². The largest absolute Gasteiger partial charge is 0.492 e. The van der Waals surface area contributed by atoms with Crippen molar-refractivity contribution >= 4 is 11.6 Å². The predicted molar refractivity (Wildman–Crippen MR) is 96.2 cm³/mol. The molecule has 0 amide bonds. The maximum absolute atomic E-state index is 12.8. The van der Waals surface area contributed by atoms with Crippen molar-refractivity contribution in [1.82, 2.24) is 4.90 Å². The Morgan fingerprint density at radius 1 is 1.04 bits per heavy atom. The molecule has 1 heterocycles. The van der Waals surface area contributed by atoms with E-state index in [0.717, 1.165) is 37.5 Å². The van der Waals surface area contributed by atoms with Crippen molar-refractivity contribution < 1.29 is 9.13 Å². The summed E-state index contributed by atoms with van der Waals surface area (Å²) >= 11 is 5.92. The molecule has 24 heavy (non-hydrogen) atoms. The average molecular weight is 346 g/mol. The van der Waals surface area contributed by atoms with Gasteiger partial charge in [0.05, 0.1) is 0 Å². The number of halogens is 2. The first-order chi connectivity index (χ1) is 11.7. The molecule has 0 fully saturated rings. The van der Waals surface area contributed by atoms with Crippen molar-refractivity contribution in [3.8, 4) is 5.75 Å². The summed E-state index contributed by atoms with van der Waals surface area (Å²) in [5.41, 5.74) is 2.78. The first-order valence-corrected chi connectivity index (χ1v) is 8.60. The molecule has 0 unspecified atom stereocenters. The van der Waals surface area contributed by atoms with Crippen LogP contribution in [0.15, 0.2) is 60.2 Å². The molecule has 0 aromatic heterocycles. The fourth-order valence-corrected chi connectivity index (χ4v) is 2.93. The van der Waals surface area contributed by atoms with E-state index >= 15 is 0 Å². The highest BCUT2D eigenvalue weighted by molar-refractivity contribution is 6.30. The second-order valence-corrected chi connectivity index (χ2v) is 6.46. The van der Waals surface area contributed by atoms with Gasteiger partial charge in [0.25, 0.3) is 0 Å². The van der Waals surface area contributed by atoms with Crippen molar-refractivity contribution in [2.75, 3.05) is 26.2 Å². The molecule has 0 saturated heterocycles. The molecule has 3 rings (SSSR count). The highest BCUT2D eigenvalue weighted by Gasteiger charge is 2.12. The van der Waals surface area contributed by atoms with Gasteiger partial charge in [-0.3, -0.25) is 4.90 Å². The lowest BCUT2D eigenvalue weighted by molar-refractivity contribution is 0.218. The van der Waals surface area contributed by atoms with Crippen molar-refractivity contribution in [3.63, 3.8) is 0 Å². The number of hydrogen-bond acceptors (Lipinski definition) is 2. The van der Waals surface area contributed by atoms with E-state index < -0.39 is 0 Å². The quantitative estimate of drug-likeness (QED) is 0.701. The van der Waals surface area contributed by atoms with Gasteiger partial charge in [0.2, 0.25) is 0 Å². The molecule has 0 aliphatic carbocycles. The van der Waals surface area contributed by atoms with Gasteiger partial charge in [0.15, 0.2) is 0 Å². The molecule has 0 atom stereocenters. The SMILES string of the molecule is Fc1ccc(OCCN2CC=C(Cc3ccc(Cl)cc3)CC2)cc1. The van der Waals surface area contributed by atoms with Crippen LogP contribution in [0, 0.1) is 5.82 Å². The molecular weight excluding hydrogens is 325 g/mol. The van der Waals surface area contributed by atoms with E-state index in [0.29, 0.717) is 12.4 Å². The number of nitrogens with zero attached hydrogens (tertiary/aromatic N) is 1. The van der Waals surface area contributed by atoms with Crippen molar-refractivity contribution in [3.05, 3.63) is 76.6 Å². The van der Waals surface area contributed by atoms with Crippen molar-refractivity contribution in [2.45, 2.75) is 12.8 Å². The Balaban J connectivity index is 1.41. The molecule has 0 bridgehead atoms. The maximum Gasteiger partial charge on any atom is 0.123 e. The van der Waals surface area contributed by atoms with Crippen LogP contribution in [0.2, 0.25) is 5.02 Å². The van der Waals surface area contributed by atoms with Crippen LogP contribution in [0.25, 0.3) is 0 Å². The monoisotopic (exact) mass is 345 g/mol. The molecule has 2 aromatic carbocycles. The molecule has 0 saturated carbocycles. The van der Waals surface area contributed by atoms with E-state index in [-0.39, 0.29) is 5.82 Å². The Hall–Kier alpha value is -1.84. The van der Waals surface area contributed by atoms with Crippen LogP contribution in [0.5, 0.6) is 5.75 Å². The fourth-order valence-electron chi connectivity index (χ4n) is 2.80. The Labute approximate surface area is 147 Å². The van der Waals surface area contributed by atoms with Crippen LogP contribution < -0.4 is 4.74 Å². The van der Waals surface area contributed by atoms with Gasteiger partial charge >= 0.3 is 0 Å². The zero-order valence-electron chi connectivity index (χ0n) is 13.6. The van der Waals surface area contributed by atoms with E-state index in [9.17, 15) is 4.39 Å². The molecule has 1 aliphatic heterocycles. The Morgan fingerprint density at radius 3 is 2.46 bits per heavy atom. The molecular formula is C20H21ClFNO. The highest BCUT2D eigenvalue weighted by atomic mass is 35.5. The Kier molecular flexibility index (Phi) is 5.89. The van der Waals surface area contributed by atoms with Gasteiger partial charge in [-0.2, -0.15) is 0 Å². The smallest absolute Gasteiger partial charge is 0.123 e. The van der Waals surface area contributed by atoms with E-state index in [1.165, 1.54) is 23.3 Å². The summed E-state index contributed by atoms with van der Waals surface area (Å²) in [5, 5.41) is 0.781. The third-order valence-corrected chi connectivity index (χ3v) is 4.47. The lowest BCUT2D eigenvalue weighted by Gasteiger charge is -2.26. The van der Waals surface area contributed by atoms with Crippen LogP contribution >= 0.6 is 11.6 Å². The van der Waals surface area contributed by atoms with Gasteiger partial charge in [-0.1, -0.05) is 35.4 Å². The summed E-state index contributed by atoms with van der Waals surface area (Å²) in [6.07, 6.45) is 4.40. The summed E-state index contributed by atoms with van der Waals surface area (Å²) in [7, 11) is 0. The zero-order chi connectivity index (χ0) is 16.8. The number of rotatable bonds is 6. The molecule has 0 N–H and O–H groups in total. The zero-order valence-corrected chi connectivity index (χ0v) is 14.3. The number of ether oxygens (including phenoxy) is 1. The minimum Gasteiger partial charge on any atom is -0.492 e. The summed E-state index contributed by atoms with van der Waals surface area (Å²) in [6.45, 7) is 3.50. The van der Waals surface area contributed by atoms with Crippen LogP contribution in [0.4, 0.5) is 4.39 Å². The predicted octanol–water partition coefficient (Wildman–Crippen LogP) is 4.73. The average Bonchev–Trinajstić information content (AvgIpc) is 2.60. The summed E-state index contributed by atoms with van der Waals surface area (Å²) in [6, 6.07) is 14.2. The van der Waals surface area contributed by atoms with Gasteiger partial charge in [-0.25, -0.2) is 4.39 Å². The van der Waals surface area contributed by atoms with Crippen LogP contribution in [0.1, 0.15) is 12.0 Å². The first-order valence-electron chi connectivity index (χ1n) is 8.22. The van der Waals surface area contributed by atoms with E-state index in [1.807, 2.05) is 12.1 Å². The first kappa shape index (κ1) is 17.0. The third kappa shape index (κ3) is 5.08. The summed E-state index contributed by atoms with van der Waals surface area (Å²) in [4.78, 5) is 2.37. The second kappa shape index (κ2) is 8.32. The van der Waals surface area contributed by atoms with Crippen LogP contribution in [-0.4, -0.2) is 31.1 Å². The normalized spacial score (nSPS) is 15.2. The van der Waals surface area contributed by atoms with E-state index in [4.69, 9.17) is 16.3 Å². The summed E-state index contributed by atoms with van der Waals surface area (Å²) < 4.78 is 18.5. The standard InChI is InChI=1S/C20H21ClFNO/c21-18-3-1-16(2-4-18)15-17-9-11-23(12-10-17)13-14-24-20-7-5-19(22)6-8-20/h1-9H,10-15H2. The molecule has 1 aliphatic rings. The molecule has 0 spiro atoms. The Morgan fingerprint density at radius 2 is 1.79 bits per heavy atom. The minimum atomic E-state index is -0.239. The molecule has 126 valence electrons. The minimum absolute atomic E-state index is 0.239. The lowest BCUT2D eigenvalue weighted by atomic mass is 10.00. The van der Waals surface area contributed by atoms with E-state index in [2.05, 4.69) is 23.1 Å². The van der Waals surface area contributed by atoms with E-state index in [1.54, 1.807) is 12.1 Å². The van der Waals surface area contributed by atoms with Crippen LogP contribution in [-0.2, 0) is 6.42 Å². The Bertz CT molecular complexity index is 682. The van der Waals surface area contributed by atoms with Crippen LogP contribution in [0.3, 0.4) is 0 Å². The molecule has 2 nitrogen and oxygen atoms in total. The molecule has 4 heteroatoms. The molecule has 2 aromatic rings. The van der Waals surface area contributed by atoms with Gasteiger partial charge in [0.1, 0.15) is 18.2 Å². The van der Waals surface area contributed by atoms with Gasteiger partial charge in [-0.05, 0) is 54.8 Å². The second-order valence-electron chi connectivity index (χ2n) is 6.02. The third-order valence-electron chi connectivity index (χ3n) is 4.22. The summed E-state index contributed by atoms with van der Waals surface area (Å²) in [5.74, 6) is 0.476. The maximum atomic E-state index is 12.8. The lowest BCUT2D eigenvalue weighted by Crippen LogP contribution is -2.32. The van der Waals surface area contributed by atoms with Gasteiger partial charge in [0, 0.05) is 24.7 Å². The number of hydrogen-bond donors (Lipinski definition) is 0. The van der Waals surface area contributed by atoms with Gasteiger partial charge in [-0.15, -0.1) is 0 Å². The topological polar surface area (TPSA) is 12.5 Å². The fraction of sp³-hybridized carbons (Fsp3) is 0.300.